The predicted molar refractivity (Wildman–Crippen MR) is 89.9 cm³/mol. The van der Waals surface area contributed by atoms with Crippen molar-refractivity contribution < 1.29 is 8.42 Å². The van der Waals surface area contributed by atoms with Crippen molar-refractivity contribution in [2.24, 2.45) is 0 Å². The molecule has 0 radical (unpaired) electrons. The van der Waals surface area contributed by atoms with Gasteiger partial charge in [-0.3, -0.25) is 4.72 Å². The van der Waals surface area contributed by atoms with E-state index in [4.69, 9.17) is 5.73 Å². The summed E-state index contributed by atoms with van der Waals surface area (Å²) in [4.78, 5) is 0.201. The molecular weight excluding hydrogens is 352 g/mol. The standard InChI is InChI=1S/C15H17BrN2O2S/c1-3-11-9-12(16)7-8-14(11)18-21(19,20)15-6-4-5-13(17)10(15)2/h4-9,18H,3,17H2,1-2H3. The smallest absolute Gasteiger partial charge is 0.262 e. The van der Waals surface area contributed by atoms with E-state index in [0.717, 1.165) is 16.5 Å². The minimum Gasteiger partial charge on any atom is -0.398 e. The summed E-state index contributed by atoms with van der Waals surface area (Å²) in [5.74, 6) is 0. The molecule has 6 heteroatoms. The number of benzene rings is 2. The number of hydrogen-bond acceptors (Lipinski definition) is 3. The fourth-order valence-corrected chi connectivity index (χ4v) is 3.86. The molecule has 0 saturated heterocycles. The van der Waals surface area contributed by atoms with Gasteiger partial charge in [0.05, 0.1) is 10.6 Å². The molecule has 0 aliphatic carbocycles. The number of nitrogens with two attached hydrogens (primary N) is 1. The summed E-state index contributed by atoms with van der Waals surface area (Å²) in [7, 11) is -3.66. The van der Waals surface area contributed by atoms with E-state index < -0.39 is 10.0 Å². The van der Waals surface area contributed by atoms with Crippen LogP contribution in [0.4, 0.5) is 11.4 Å². The van der Waals surface area contributed by atoms with E-state index >= 15 is 0 Å². The zero-order valence-corrected chi connectivity index (χ0v) is 14.3. The molecule has 0 bridgehead atoms. The molecule has 0 aliphatic heterocycles. The first-order chi connectivity index (χ1) is 9.85. The van der Waals surface area contributed by atoms with Gasteiger partial charge in [0.25, 0.3) is 10.0 Å². The average molecular weight is 369 g/mol. The highest BCUT2D eigenvalue weighted by Crippen LogP contribution is 2.26. The number of nitrogens with one attached hydrogen (secondary N) is 1. The van der Waals surface area contributed by atoms with Gasteiger partial charge in [0, 0.05) is 10.2 Å². The molecule has 21 heavy (non-hydrogen) atoms. The lowest BCUT2D eigenvalue weighted by molar-refractivity contribution is 0.600. The molecule has 0 fully saturated rings. The zero-order valence-electron chi connectivity index (χ0n) is 11.9. The van der Waals surface area contributed by atoms with Gasteiger partial charge < -0.3 is 5.73 Å². The Morgan fingerprint density at radius 1 is 1.24 bits per heavy atom. The largest absolute Gasteiger partial charge is 0.398 e. The summed E-state index contributed by atoms with van der Waals surface area (Å²) in [5.41, 5.74) is 8.32. The van der Waals surface area contributed by atoms with E-state index in [9.17, 15) is 8.42 Å². The van der Waals surface area contributed by atoms with Crippen molar-refractivity contribution in [3.8, 4) is 0 Å². The maximum absolute atomic E-state index is 12.5. The van der Waals surface area contributed by atoms with Gasteiger partial charge in [0.15, 0.2) is 0 Å². The van der Waals surface area contributed by atoms with Gasteiger partial charge in [-0.2, -0.15) is 0 Å². The zero-order chi connectivity index (χ0) is 15.6. The van der Waals surface area contributed by atoms with Gasteiger partial charge in [0.2, 0.25) is 0 Å². The van der Waals surface area contributed by atoms with Crippen LogP contribution in [0.1, 0.15) is 18.1 Å². The van der Waals surface area contributed by atoms with Gasteiger partial charge in [-0.25, -0.2) is 8.42 Å². The number of sulfonamides is 1. The van der Waals surface area contributed by atoms with Gasteiger partial charge in [0.1, 0.15) is 0 Å². The lowest BCUT2D eigenvalue weighted by Crippen LogP contribution is -2.16. The molecule has 3 N–H and O–H groups in total. The number of hydrogen-bond donors (Lipinski definition) is 2. The number of nitrogen functional groups attached to an aromatic ring is 1. The van der Waals surface area contributed by atoms with Crippen LogP contribution in [0, 0.1) is 6.92 Å². The highest BCUT2D eigenvalue weighted by molar-refractivity contribution is 9.10. The molecule has 2 aromatic rings. The van der Waals surface area contributed by atoms with Crippen molar-refractivity contribution >= 4 is 37.3 Å². The first kappa shape index (κ1) is 15.9. The van der Waals surface area contributed by atoms with Crippen LogP contribution < -0.4 is 10.5 Å². The first-order valence-corrected chi connectivity index (χ1v) is 8.79. The summed E-state index contributed by atoms with van der Waals surface area (Å²) in [6, 6.07) is 10.3. The Kier molecular flexibility index (Phi) is 4.58. The third kappa shape index (κ3) is 3.39. The van der Waals surface area contributed by atoms with Crippen molar-refractivity contribution in [2.75, 3.05) is 10.5 Å². The Morgan fingerprint density at radius 3 is 2.62 bits per heavy atom. The minimum absolute atomic E-state index is 0.201. The van der Waals surface area contributed by atoms with Crippen LogP contribution >= 0.6 is 15.9 Å². The number of anilines is 2. The molecule has 0 unspecified atom stereocenters. The van der Waals surface area contributed by atoms with E-state index in [2.05, 4.69) is 20.7 Å². The fraction of sp³-hybridized carbons (Fsp3) is 0.200. The molecule has 0 heterocycles. The molecule has 0 aliphatic rings. The molecule has 0 atom stereocenters. The Bertz CT molecular complexity index is 773. The Labute approximate surface area is 133 Å². The molecule has 112 valence electrons. The van der Waals surface area contributed by atoms with Crippen molar-refractivity contribution in [3.05, 3.63) is 52.0 Å². The van der Waals surface area contributed by atoms with Crippen LogP contribution in [0.15, 0.2) is 45.8 Å². The summed E-state index contributed by atoms with van der Waals surface area (Å²) in [6.07, 6.45) is 0.729. The Morgan fingerprint density at radius 2 is 1.95 bits per heavy atom. The molecule has 0 spiro atoms. The van der Waals surface area contributed by atoms with Crippen molar-refractivity contribution in [3.63, 3.8) is 0 Å². The average Bonchev–Trinajstić information content (AvgIpc) is 2.43. The maximum atomic E-state index is 12.5. The molecule has 0 saturated carbocycles. The van der Waals surface area contributed by atoms with Crippen LogP contribution in [0.2, 0.25) is 0 Å². The second-order valence-corrected chi connectivity index (χ2v) is 7.30. The van der Waals surface area contributed by atoms with E-state index in [1.807, 2.05) is 19.1 Å². The third-order valence-corrected chi connectivity index (χ3v) is 5.31. The predicted octanol–water partition coefficient (Wildman–Crippen LogP) is 3.70. The second kappa shape index (κ2) is 6.07. The summed E-state index contributed by atoms with van der Waals surface area (Å²) >= 11 is 3.39. The first-order valence-electron chi connectivity index (χ1n) is 6.51. The molecule has 4 nitrogen and oxygen atoms in total. The van der Waals surface area contributed by atoms with Crippen molar-refractivity contribution in [1.29, 1.82) is 0 Å². The lowest BCUT2D eigenvalue weighted by atomic mass is 10.1. The minimum atomic E-state index is -3.66. The van der Waals surface area contributed by atoms with Crippen LogP contribution in [0.5, 0.6) is 0 Å². The van der Waals surface area contributed by atoms with Gasteiger partial charge in [-0.15, -0.1) is 0 Å². The summed E-state index contributed by atoms with van der Waals surface area (Å²) in [5, 5.41) is 0. The summed E-state index contributed by atoms with van der Waals surface area (Å²) in [6.45, 7) is 3.68. The molecule has 0 aromatic heterocycles. The lowest BCUT2D eigenvalue weighted by Gasteiger charge is -2.14. The molecular formula is C15H17BrN2O2S. The molecule has 2 rings (SSSR count). The van der Waals surface area contributed by atoms with Gasteiger partial charge in [-0.1, -0.05) is 28.9 Å². The number of halogens is 1. The van der Waals surface area contributed by atoms with Crippen LogP contribution in [0.25, 0.3) is 0 Å². The third-order valence-electron chi connectivity index (χ3n) is 3.31. The Balaban J connectivity index is 2.45. The Hall–Kier alpha value is -1.53. The second-order valence-electron chi connectivity index (χ2n) is 4.73. The van der Waals surface area contributed by atoms with Crippen LogP contribution in [-0.4, -0.2) is 8.42 Å². The number of rotatable bonds is 4. The number of aryl methyl sites for hydroxylation is 1. The molecule has 0 amide bonds. The van der Waals surface area contributed by atoms with Crippen LogP contribution in [-0.2, 0) is 16.4 Å². The van der Waals surface area contributed by atoms with E-state index in [-0.39, 0.29) is 4.90 Å². The topological polar surface area (TPSA) is 72.2 Å². The quantitative estimate of drug-likeness (QED) is 0.808. The van der Waals surface area contributed by atoms with E-state index in [1.165, 1.54) is 0 Å². The van der Waals surface area contributed by atoms with Gasteiger partial charge >= 0.3 is 0 Å². The normalized spacial score (nSPS) is 11.4. The SMILES string of the molecule is CCc1cc(Br)ccc1NS(=O)(=O)c1cccc(N)c1C. The highest BCUT2D eigenvalue weighted by atomic mass is 79.9. The summed E-state index contributed by atoms with van der Waals surface area (Å²) < 4.78 is 28.7. The fourth-order valence-electron chi connectivity index (χ4n) is 2.08. The maximum Gasteiger partial charge on any atom is 0.262 e. The molecule has 2 aromatic carbocycles. The van der Waals surface area contributed by atoms with Gasteiger partial charge in [-0.05, 0) is 54.8 Å². The van der Waals surface area contributed by atoms with Crippen molar-refractivity contribution in [1.82, 2.24) is 0 Å². The van der Waals surface area contributed by atoms with E-state index in [1.54, 1.807) is 31.2 Å². The highest BCUT2D eigenvalue weighted by Gasteiger charge is 2.19. The van der Waals surface area contributed by atoms with Crippen LogP contribution in [0.3, 0.4) is 0 Å². The monoisotopic (exact) mass is 368 g/mol. The van der Waals surface area contributed by atoms with E-state index in [0.29, 0.717) is 16.9 Å². The van der Waals surface area contributed by atoms with Crippen molar-refractivity contribution in [2.45, 2.75) is 25.2 Å².